The summed E-state index contributed by atoms with van der Waals surface area (Å²) in [5.41, 5.74) is 8.15. The van der Waals surface area contributed by atoms with Gasteiger partial charge in [0.1, 0.15) is 0 Å². The van der Waals surface area contributed by atoms with E-state index in [4.69, 9.17) is 34.0 Å². The number of rotatable bonds is 36. The van der Waals surface area contributed by atoms with Gasteiger partial charge in [-0.3, -0.25) is 14.4 Å². The Morgan fingerprint density at radius 3 is 1.91 bits per heavy atom. The van der Waals surface area contributed by atoms with Crippen molar-refractivity contribution in [3.63, 3.8) is 0 Å². The molecular formula is C32H58N8O10S3. The van der Waals surface area contributed by atoms with Gasteiger partial charge in [-0.25, -0.2) is 4.79 Å². The van der Waals surface area contributed by atoms with Crippen LogP contribution in [-0.2, 0) is 42.8 Å². The van der Waals surface area contributed by atoms with Crippen LogP contribution < -0.4 is 26.6 Å². The third-order valence-electron chi connectivity index (χ3n) is 7.58. The highest BCUT2D eigenvalue weighted by atomic mass is 33.1. The molecule has 2 aliphatic rings. The van der Waals surface area contributed by atoms with Gasteiger partial charge in [0.25, 0.3) is 0 Å². The Morgan fingerprint density at radius 2 is 1.25 bits per heavy atom. The lowest BCUT2D eigenvalue weighted by molar-refractivity contribution is -0.122. The summed E-state index contributed by atoms with van der Waals surface area (Å²) in [5, 5.41) is 18.3. The number of unbranched alkanes of at least 4 members (excludes halogenated alkanes) is 1. The van der Waals surface area contributed by atoms with Crippen molar-refractivity contribution in [2.45, 2.75) is 55.9 Å². The van der Waals surface area contributed by atoms with Crippen molar-refractivity contribution in [2.24, 2.45) is 5.11 Å². The van der Waals surface area contributed by atoms with E-state index in [2.05, 4.69) is 36.6 Å². The molecule has 3 atom stereocenters. The highest BCUT2D eigenvalue weighted by molar-refractivity contribution is 8.76. The number of hydrogen-bond donors (Lipinski definition) is 5. The summed E-state index contributed by atoms with van der Waals surface area (Å²) in [6.45, 7) is 6.60. The van der Waals surface area contributed by atoms with E-state index in [0.29, 0.717) is 129 Å². The second-order valence-electron chi connectivity index (χ2n) is 11.7. The Hall–Kier alpha value is -2.20. The Kier molecular flexibility index (Phi) is 29.4. The molecule has 18 nitrogen and oxygen atoms in total. The molecule has 0 radical (unpaired) electrons. The number of azide groups is 1. The van der Waals surface area contributed by atoms with Gasteiger partial charge in [0.2, 0.25) is 17.7 Å². The fourth-order valence-electron chi connectivity index (χ4n) is 4.95. The van der Waals surface area contributed by atoms with E-state index >= 15 is 0 Å². The molecule has 0 aromatic carbocycles. The average molecular weight is 811 g/mol. The minimum Gasteiger partial charge on any atom is -0.379 e. The first-order valence-electron chi connectivity index (χ1n) is 18.2. The fraction of sp³-hybridized carbons (Fsp3) is 0.875. The fourth-order valence-corrected chi connectivity index (χ4v) is 8.39. The van der Waals surface area contributed by atoms with Gasteiger partial charge >= 0.3 is 6.03 Å². The zero-order valence-electron chi connectivity index (χ0n) is 30.6. The van der Waals surface area contributed by atoms with Crippen LogP contribution in [0.1, 0.15) is 38.5 Å². The van der Waals surface area contributed by atoms with Crippen LogP contribution in [-0.4, -0.2) is 164 Å². The molecule has 53 heavy (non-hydrogen) atoms. The van der Waals surface area contributed by atoms with Crippen LogP contribution in [0.15, 0.2) is 5.11 Å². The van der Waals surface area contributed by atoms with E-state index in [1.807, 2.05) is 11.8 Å². The number of carbonyl (C=O) groups is 4. The molecule has 304 valence electrons. The van der Waals surface area contributed by atoms with Gasteiger partial charge in [-0.05, 0) is 18.4 Å². The lowest BCUT2D eigenvalue weighted by atomic mass is 10.0. The monoisotopic (exact) mass is 810 g/mol. The van der Waals surface area contributed by atoms with Gasteiger partial charge in [0.05, 0.1) is 91.4 Å². The van der Waals surface area contributed by atoms with Crippen molar-refractivity contribution < 1.29 is 47.6 Å². The maximum Gasteiger partial charge on any atom is 0.315 e. The van der Waals surface area contributed by atoms with Crippen LogP contribution in [0, 0.1) is 0 Å². The summed E-state index contributed by atoms with van der Waals surface area (Å²) in [7, 11) is 3.20. The maximum atomic E-state index is 12.0. The second kappa shape index (κ2) is 33.2. The highest BCUT2D eigenvalue weighted by Crippen LogP contribution is 2.33. The van der Waals surface area contributed by atoms with E-state index < -0.39 is 0 Å². The standard InChI is InChI=1S/C32H58N8O10S3/c33-40-37-9-14-48-18-22-49-19-15-45-11-5-29(42)36-10-24-53-52-23-6-30(43)35-8-13-47-17-21-50-20-16-46-12-7-34-28(41)4-2-1-3-27-31-26(25-51-27)38-32(44)39-31/h26-27,31H,1-25H2,(H,34,41)(H,35,43)(H,36,42)(H2,38,39,44). The number of ether oxygens (including phenoxy) is 6. The number of hydrogen-bond acceptors (Lipinski definition) is 14. The van der Waals surface area contributed by atoms with Crippen molar-refractivity contribution in [1.82, 2.24) is 26.6 Å². The Bertz CT molecular complexity index is 1070. The molecule has 0 bridgehead atoms. The summed E-state index contributed by atoms with van der Waals surface area (Å²) in [4.78, 5) is 50.0. The molecule has 21 heteroatoms. The van der Waals surface area contributed by atoms with E-state index in [9.17, 15) is 19.2 Å². The number of nitrogens with zero attached hydrogens (tertiary/aromatic N) is 3. The molecular weight excluding hydrogens is 753 g/mol. The topological polar surface area (TPSA) is 233 Å². The third kappa shape index (κ3) is 26.3. The van der Waals surface area contributed by atoms with Crippen molar-refractivity contribution in [3.05, 3.63) is 10.4 Å². The Balaban J connectivity index is 1.21. The van der Waals surface area contributed by atoms with Gasteiger partial charge in [0, 0.05) is 72.9 Å². The normalized spacial score (nSPS) is 17.4. The van der Waals surface area contributed by atoms with Gasteiger partial charge in [-0.1, -0.05) is 33.1 Å². The van der Waals surface area contributed by atoms with Crippen molar-refractivity contribution in [1.29, 1.82) is 0 Å². The lowest BCUT2D eigenvalue weighted by Crippen LogP contribution is -2.36. The number of fused-ring (bicyclic) bond motifs is 1. The molecule has 2 heterocycles. The van der Waals surface area contributed by atoms with Crippen molar-refractivity contribution in [3.8, 4) is 0 Å². The molecule has 3 unspecified atom stereocenters. The molecule has 0 saturated carbocycles. The molecule has 0 aromatic rings. The summed E-state index contributed by atoms with van der Waals surface area (Å²) in [5.74, 6) is 2.29. The molecule has 2 aliphatic heterocycles. The lowest BCUT2D eigenvalue weighted by Gasteiger charge is -2.16. The minimum atomic E-state index is -0.0715. The van der Waals surface area contributed by atoms with E-state index in [1.165, 1.54) is 0 Å². The van der Waals surface area contributed by atoms with Crippen LogP contribution in [0.2, 0.25) is 0 Å². The Labute approximate surface area is 324 Å². The van der Waals surface area contributed by atoms with Crippen LogP contribution >= 0.6 is 33.3 Å². The van der Waals surface area contributed by atoms with Crippen molar-refractivity contribution >= 4 is 57.1 Å². The molecule has 5 N–H and O–H groups in total. The van der Waals surface area contributed by atoms with E-state index in [1.54, 1.807) is 21.6 Å². The third-order valence-corrected chi connectivity index (χ3v) is 11.5. The van der Waals surface area contributed by atoms with Crippen molar-refractivity contribution in [2.75, 3.05) is 123 Å². The second-order valence-corrected chi connectivity index (χ2v) is 15.7. The van der Waals surface area contributed by atoms with Gasteiger partial charge in [-0.15, -0.1) is 0 Å². The largest absolute Gasteiger partial charge is 0.379 e. The van der Waals surface area contributed by atoms with Crippen LogP contribution in [0.25, 0.3) is 10.4 Å². The zero-order chi connectivity index (χ0) is 38.0. The average Bonchev–Trinajstić information content (AvgIpc) is 3.71. The predicted molar refractivity (Wildman–Crippen MR) is 206 cm³/mol. The first kappa shape index (κ1) is 47.0. The molecule has 0 spiro atoms. The number of urea groups is 1. The summed E-state index contributed by atoms with van der Waals surface area (Å²) < 4.78 is 32.4. The number of nitrogens with one attached hydrogen (secondary N) is 5. The summed E-state index contributed by atoms with van der Waals surface area (Å²) in [6, 6.07) is 0.377. The first-order chi connectivity index (χ1) is 26.0. The first-order valence-corrected chi connectivity index (χ1v) is 21.7. The van der Waals surface area contributed by atoms with Crippen LogP contribution in [0.3, 0.4) is 0 Å². The zero-order valence-corrected chi connectivity index (χ0v) is 33.0. The maximum absolute atomic E-state index is 12.0. The molecule has 2 saturated heterocycles. The molecule has 5 amide bonds. The summed E-state index contributed by atoms with van der Waals surface area (Å²) in [6.07, 6.45) is 3.97. The van der Waals surface area contributed by atoms with Crippen LogP contribution in [0.4, 0.5) is 4.79 Å². The van der Waals surface area contributed by atoms with Crippen LogP contribution in [0.5, 0.6) is 0 Å². The molecule has 2 fully saturated rings. The predicted octanol–water partition coefficient (Wildman–Crippen LogP) is 1.63. The number of amides is 5. The SMILES string of the molecule is [N-]=[N+]=NCCOCCOCCOCCC(=O)NCCSSCCC(=O)NCCOCCOCCOCCNC(=O)CCCCC1SCC2NC(=O)NC21. The van der Waals surface area contributed by atoms with E-state index in [-0.39, 0.29) is 42.3 Å². The highest BCUT2D eigenvalue weighted by Gasteiger charge is 2.42. The minimum absolute atomic E-state index is 0.0265. The number of thioether (sulfide) groups is 1. The molecule has 2 rings (SSSR count). The number of carbonyl (C=O) groups excluding carboxylic acids is 4. The summed E-state index contributed by atoms with van der Waals surface area (Å²) >= 11 is 1.89. The molecule has 0 aliphatic carbocycles. The molecule has 0 aromatic heterocycles. The van der Waals surface area contributed by atoms with Gasteiger partial charge in [-0.2, -0.15) is 11.8 Å². The van der Waals surface area contributed by atoms with Gasteiger partial charge in [0.15, 0.2) is 0 Å². The quantitative estimate of drug-likeness (QED) is 0.0152. The Morgan fingerprint density at radius 1 is 0.698 bits per heavy atom. The van der Waals surface area contributed by atoms with Gasteiger partial charge < -0.3 is 55.0 Å². The van der Waals surface area contributed by atoms with E-state index in [0.717, 1.165) is 30.8 Å². The smallest absolute Gasteiger partial charge is 0.315 e.